The highest BCUT2D eigenvalue weighted by atomic mass is 35.5. The van der Waals surface area contributed by atoms with Crippen LogP contribution in [0.15, 0.2) is 6.58 Å². The second-order valence-electron chi connectivity index (χ2n) is 3.25. The van der Waals surface area contributed by atoms with Gasteiger partial charge in [-0.15, -0.1) is 0 Å². The second-order valence-corrected chi connectivity index (χ2v) is 3.59. The lowest BCUT2D eigenvalue weighted by atomic mass is 10.1. The van der Waals surface area contributed by atoms with E-state index in [0.717, 1.165) is 36.2 Å². The normalized spacial score (nSPS) is 13.9. The van der Waals surface area contributed by atoms with Crippen LogP contribution in [0.3, 0.4) is 0 Å². The molecule has 14 heavy (non-hydrogen) atoms. The fourth-order valence-corrected chi connectivity index (χ4v) is 1.92. The van der Waals surface area contributed by atoms with Crippen molar-refractivity contribution in [3.63, 3.8) is 0 Å². The van der Waals surface area contributed by atoms with Gasteiger partial charge in [-0.2, -0.15) is 0 Å². The molecule has 0 amide bonds. The molecular weight excluding hydrogens is 200 g/mol. The summed E-state index contributed by atoms with van der Waals surface area (Å²) in [6.07, 6.45) is 3.07. The fraction of sp³-hybridized carbons (Fsp3) is 0.400. The maximum Gasteiger partial charge on any atom is 0.223 e. The molecule has 0 atom stereocenters. The van der Waals surface area contributed by atoms with Crippen LogP contribution < -0.4 is 0 Å². The SMILES string of the molecule is C=C(OC)c1nc(Cl)nc2c1CCC2. The Morgan fingerprint density at radius 2 is 2.21 bits per heavy atom. The smallest absolute Gasteiger partial charge is 0.223 e. The maximum absolute atomic E-state index is 5.81. The number of hydrogen-bond donors (Lipinski definition) is 0. The van der Waals surface area contributed by atoms with Gasteiger partial charge in [-0.25, -0.2) is 9.97 Å². The molecule has 1 aliphatic carbocycles. The molecule has 3 nitrogen and oxygen atoms in total. The molecule has 0 aliphatic heterocycles. The van der Waals surface area contributed by atoms with Gasteiger partial charge in [0.05, 0.1) is 7.11 Å². The van der Waals surface area contributed by atoms with E-state index in [9.17, 15) is 0 Å². The van der Waals surface area contributed by atoms with Gasteiger partial charge in [0.1, 0.15) is 11.5 Å². The minimum absolute atomic E-state index is 0.277. The van der Waals surface area contributed by atoms with Crippen molar-refractivity contribution < 1.29 is 4.74 Å². The lowest BCUT2D eigenvalue weighted by molar-refractivity contribution is 0.369. The monoisotopic (exact) mass is 210 g/mol. The molecule has 74 valence electrons. The Balaban J connectivity index is 2.54. The van der Waals surface area contributed by atoms with Crippen molar-refractivity contribution in [2.45, 2.75) is 19.3 Å². The summed E-state index contributed by atoms with van der Waals surface area (Å²) in [4.78, 5) is 8.33. The van der Waals surface area contributed by atoms with Gasteiger partial charge in [0, 0.05) is 11.3 Å². The molecule has 1 aromatic rings. The zero-order valence-electron chi connectivity index (χ0n) is 8.01. The van der Waals surface area contributed by atoms with E-state index >= 15 is 0 Å². The van der Waals surface area contributed by atoms with E-state index in [0.29, 0.717) is 5.76 Å². The van der Waals surface area contributed by atoms with E-state index in [1.54, 1.807) is 7.11 Å². The number of halogens is 1. The second kappa shape index (κ2) is 3.58. The van der Waals surface area contributed by atoms with Crippen LogP contribution in [-0.4, -0.2) is 17.1 Å². The molecule has 0 aromatic carbocycles. The first kappa shape index (κ1) is 9.46. The Labute approximate surface area is 87.8 Å². The van der Waals surface area contributed by atoms with Crippen molar-refractivity contribution in [3.05, 3.63) is 28.8 Å². The predicted molar refractivity (Wildman–Crippen MR) is 55.1 cm³/mol. The number of aromatic nitrogens is 2. The molecule has 0 N–H and O–H groups in total. The van der Waals surface area contributed by atoms with E-state index < -0.39 is 0 Å². The van der Waals surface area contributed by atoms with Crippen LogP contribution in [0.25, 0.3) is 5.76 Å². The van der Waals surface area contributed by atoms with E-state index in [1.165, 1.54) is 0 Å². The number of methoxy groups -OCH3 is 1. The van der Waals surface area contributed by atoms with Gasteiger partial charge in [-0.1, -0.05) is 6.58 Å². The van der Waals surface area contributed by atoms with Crippen molar-refractivity contribution >= 4 is 17.4 Å². The average molecular weight is 211 g/mol. The summed E-state index contributed by atoms with van der Waals surface area (Å²) in [5.74, 6) is 0.562. The van der Waals surface area contributed by atoms with E-state index in [4.69, 9.17) is 16.3 Å². The largest absolute Gasteiger partial charge is 0.495 e. The number of nitrogens with zero attached hydrogens (tertiary/aromatic N) is 2. The minimum atomic E-state index is 0.277. The number of ether oxygens (including phenoxy) is 1. The summed E-state index contributed by atoms with van der Waals surface area (Å²) < 4.78 is 5.07. The van der Waals surface area contributed by atoms with Crippen LogP contribution in [0.2, 0.25) is 5.28 Å². The third-order valence-electron chi connectivity index (χ3n) is 2.42. The number of aryl methyl sites for hydroxylation is 1. The van der Waals surface area contributed by atoms with Crippen molar-refractivity contribution in [1.82, 2.24) is 9.97 Å². The number of rotatable bonds is 2. The third-order valence-corrected chi connectivity index (χ3v) is 2.59. The van der Waals surface area contributed by atoms with E-state index in [-0.39, 0.29) is 5.28 Å². The minimum Gasteiger partial charge on any atom is -0.495 e. The van der Waals surface area contributed by atoms with Gasteiger partial charge < -0.3 is 4.74 Å². The Morgan fingerprint density at radius 1 is 1.43 bits per heavy atom. The summed E-state index contributed by atoms with van der Waals surface area (Å²) in [5.41, 5.74) is 2.94. The topological polar surface area (TPSA) is 35.0 Å². The molecule has 2 rings (SSSR count). The summed E-state index contributed by atoms with van der Waals surface area (Å²) in [6, 6.07) is 0. The Hall–Kier alpha value is -1.09. The predicted octanol–water partition coefficient (Wildman–Crippen LogP) is 2.24. The maximum atomic E-state index is 5.81. The molecule has 1 aliphatic rings. The van der Waals surface area contributed by atoms with Gasteiger partial charge >= 0.3 is 0 Å². The van der Waals surface area contributed by atoms with Crippen molar-refractivity contribution in [1.29, 1.82) is 0 Å². The highest BCUT2D eigenvalue weighted by Crippen LogP contribution is 2.27. The van der Waals surface area contributed by atoms with E-state index in [1.807, 2.05) is 0 Å². The van der Waals surface area contributed by atoms with Crippen LogP contribution >= 0.6 is 11.6 Å². The molecule has 1 heterocycles. The van der Waals surface area contributed by atoms with Gasteiger partial charge in [-0.3, -0.25) is 0 Å². The van der Waals surface area contributed by atoms with Crippen LogP contribution in [0, 0.1) is 0 Å². The summed E-state index contributed by atoms with van der Waals surface area (Å²) >= 11 is 5.81. The zero-order valence-corrected chi connectivity index (χ0v) is 8.76. The van der Waals surface area contributed by atoms with E-state index in [2.05, 4.69) is 16.5 Å². The first-order valence-electron chi connectivity index (χ1n) is 4.51. The summed E-state index contributed by atoms with van der Waals surface area (Å²) in [6.45, 7) is 3.79. The number of fused-ring (bicyclic) bond motifs is 1. The quantitative estimate of drug-likeness (QED) is 0.555. The van der Waals surface area contributed by atoms with Crippen LogP contribution in [0.1, 0.15) is 23.4 Å². The van der Waals surface area contributed by atoms with Crippen LogP contribution in [0.5, 0.6) is 0 Å². The number of hydrogen-bond acceptors (Lipinski definition) is 3. The van der Waals surface area contributed by atoms with Gasteiger partial charge in [0.2, 0.25) is 5.28 Å². The molecule has 0 saturated heterocycles. The highest BCUT2D eigenvalue weighted by molar-refractivity contribution is 6.28. The molecular formula is C10H11ClN2O. The Bertz CT molecular complexity index is 390. The summed E-state index contributed by atoms with van der Waals surface area (Å²) in [7, 11) is 1.58. The first-order chi connectivity index (χ1) is 6.72. The van der Waals surface area contributed by atoms with Gasteiger partial charge in [-0.05, 0) is 30.9 Å². The Kier molecular flexibility index (Phi) is 2.42. The summed E-state index contributed by atoms with van der Waals surface area (Å²) in [5, 5.41) is 0.277. The standard InChI is InChI=1S/C10H11ClN2O/c1-6(14-2)9-7-4-3-5-8(7)12-10(11)13-9/h1,3-5H2,2H3. The molecule has 0 bridgehead atoms. The van der Waals surface area contributed by atoms with Crippen LogP contribution in [0.4, 0.5) is 0 Å². The average Bonchev–Trinajstić information content (AvgIpc) is 2.62. The highest BCUT2D eigenvalue weighted by Gasteiger charge is 2.20. The van der Waals surface area contributed by atoms with Crippen LogP contribution in [-0.2, 0) is 17.6 Å². The lowest BCUT2D eigenvalue weighted by Gasteiger charge is -2.08. The molecule has 4 heteroatoms. The van der Waals surface area contributed by atoms with Gasteiger partial charge in [0.25, 0.3) is 0 Å². The molecule has 0 fully saturated rings. The first-order valence-corrected chi connectivity index (χ1v) is 4.88. The van der Waals surface area contributed by atoms with Crippen molar-refractivity contribution in [2.75, 3.05) is 7.11 Å². The molecule has 1 aromatic heterocycles. The van der Waals surface area contributed by atoms with Gasteiger partial charge in [0.15, 0.2) is 0 Å². The molecule has 0 spiro atoms. The third kappa shape index (κ3) is 1.48. The molecule has 0 radical (unpaired) electrons. The van der Waals surface area contributed by atoms with Crippen molar-refractivity contribution in [3.8, 4) is 0 Å². The van der Waals surface area contributed by atoms with Crippen molar-refractivity contribution in [2.24, 2.45) is 0 Å². The molecule has 0 unspecified atom stereocenters. The fourth-order valence-electron chi connectivity index (χ4n) is 1.73. The Morgan fingerprint density at radius 3 is 2.93 bits per heavy atom. The lowest BCUT2D eigenvalue weighted by Crippen LogP contribution is -2.01. The zero-order chi connectivity index (χ0) is 10.1. The molecule has 0 saturated carbocycles.